The number of halogens is 1. The van der Waals surface area contributed by atoms with Crippen molar-refractivity contribution in [1.82, 2.24) is 5.43 Å². The van der Waals surface area contributed by atoms with E-state index in [0.717, 1.165) is 11.3 Å². The molecule has 0 radical (unpaired) electrons. The molecule has 1 saturated heterocycles. The van der Waals surface area contributed by atoms with Crippen LogP contribution in [0, 0.1) is 0 Å². The maximum absolute atomic E-state index is 12.2. The minimum Gasteiger partial charge on any atom is -0.495 e. The van der Waals surface area contributed by atoms with Gasteiger partial charge in [-0.3, -0.25) is 14.5 Å². The predicted octanol–water partition coefficient (Wildman–Crippen LogP) is 3.19. The average molecular weight is 382 g/mol. The summed E-state index contributed by atoms with van der Waals surface area (Å²) in [5.74, 6) is 0.297. The Morgan fingerprint density at radius 1 is 1.33 bits per heavy atom. The van der Waals surface area contributed by atoms with Crippen molar-refractivity contribution in [2.45, 2.75) is 0 Å². The van der Waals surface area contributed by atoms with Gasteiger partial charge in [0.05, 0.1) is 27.8 Å². The lowest BCUT2D eigenvalue weighted by molar-refractivity contribution is -0.115. The quantitative estimate of drug-likeness (QED) is 0.825. The van der Waals surface area contributed by atoms with E-state index in [9.17, 15) is 9.59 Å². The van der Waals surface area contributed by atoms with Crippen LogP contribution in [0.2, 0.25) is 4.34 Å². The third-order valence-corrected chi connectivity index (χ3v) is 5.29. The maximum atomic E-state index is 12.2. The Kier molecular flexibility index (Phi) is 5.08. The number of benzene rings is 1. The lowest BCUT2D eigenvalue weighted by atomic mass is 10.2. The zero-order chi connectivity index (χ0) is 17.1. The number of anilines is 1. The molecule has 0 aliphatic carbocycles. The first-order valence-corrected chi connectivity index (χ1v) is 9.00. The molecule has 1 aliphatic rings. The molecular weight excluding hydrogens is 370 g/mol. The molecule has 1 aromatic heterocycles. The van der Waals surface area contributed by atoms with Gasteiger partial charge in [0.1, 0.15) is 5.75 Å². The Morgan fingerprint density at radius 2 is 2.12 bits per heavy atom. The number of carbonyl (C=O) groups excluding carboxylic acids is 2. The highest BCUT2D eigenvalue weighted by Gasteiger charge is 2.32. The minimum absolute atomic E-state index is 0.128. The highest BCUT2D eigenvalue weighted by atomic mass is 35.5. The number of thioether (sulfide) groups is 1. The zero-order valence-electron chi connectivity index (χ0n) is 12.5. The van der Waals surface area contributed by atoms with E-state index < -0.39 is 0 Å². The van der Waals surface area contributed by atoms with Gasteiger partial charge in [0.25, 0.3) is 5.91 Å². The maximum Gasteiger partial charge on any atom is 0.281 e. The number of nitrogens with one attached hydrogen (secondary N) is 1. The first-order valence-electron chi connectivity index (χ1n) is 6.82. The predicted molar refractivity (Wildman–Crippen MR) is 97.2 cm³/mol. The summed E-state index contributed by atoms with van der Waals surface area (Å²) in [4.78, 5) is 26.2. The van der Waals surface area contributed by atoms with Crippen LogP contribution >= 0.6 is 34.7 Å². The summed E-state index contributed by atoms with van der Waals surface area (Å²) in [6.07, 6.45) is 0. The van der Waals surface area contributed by atoms with Crippen LogP contribution in [0.4, 0.5) is 5.69 Å². The smallest absolute Gasteiger partial charge is 0.281 e. The topological polar surface area (TPSA) is 71.0 Å². The second-order valence-electron chi connectivity index (χ2n) is 4.63. The second-order valence-corrected chi connectivity index (χ2v) is 7.29. The van der Waals surface area contributed by atoms with Gasteiger partial charge in [0, 0.05) is 0 Å². The number of carbonyl (C=O) groups is 2. The van der Waals surface area contributed by atoms with Gasteiger partial charge in [-0.05, 0) is 24.3 Å². The molecule has 1 N–H and O–H groups in total. The van der Waals surface area contributed by atoms with Crippen LogP contribution in [-0.2, 0) is 4.79 Å². The number of para-hydroxylation sites is 2. The van der Waals surface area contributed by atoms with Crippen LogP contribution in [0.1, 0.15) is 9.67 Å². The molecule has 2 amide bonds. The normalized spacial score (nSPS) is 15.8. The summed E-state index contributed by atoms with van der Waals surface area (Å²) < 4.78 is 5.82. The van der Waals surface area contributed by atoms with E-state index in [1.165, 1.54) is 23.8 Å². The first kappa shape index (κ1) is 16.8. The molecule has 9 heteroatoms. The largest absolute Gasteiger partial charge is 0.495 e. The van der Waals surface area contributed by atoms with Crippen LogP contribution in [0.5, 0.6) is 5.75 Å². The second kappa shape index (κ2) is 7.25. The van der Waals surface area contributed by atoms with Crippen LogP contribution in [0.25, 0.3) is 0 Å². The average Bonchev–Trinajstić information content (AvgIpc) is 3.18. The van der Waals surface area contributed by atoms with Crippen LogP contribution < -0.4 is 15.1 Å². The Hall–Kier alpha value is -2.03. The summed E-state index contributed by atoms with van der Waals surface area (Å²) >= 11 is 8.23. The first-order chi connectivity index (χ1) is 11.6. The highest BCUT2D eigenvalue weighted by molar-refractivity contribution is 8.15. The number of hydrogen-bond acceptors (Lipinski definition) is 6. The van der Waals surface area contributed by atoms with E-state index in [0.29, 0.717) is 25.8 Å². The molecule has 124 valence electrons. The number of nitrogens with zero attached hydrogens (tertiary/aromatic N) is 2. The monoisotopic (exact) mass is 381 g/mol. The van der Waals surface area contributed by atoms with Crippen molar-refractivity contribution in [3.8, 4) is 5.75 Å². The van der Waals surface area contributed by atoms with E-state index in [1.807, 2.05) is 6.07 Å². The van der Waals surface area contributed by atoms with E-state index in [1.54, 1.807) is 30.3 Å². The Balaban J connectivity index is 1.84. The van der Waals surface area contributed by atoms with Gasteiger partial charge in [-0.2, -0.15) is 0 Å². The molecule has 1 aromatic carbocycles. The van der Waals surface area contributed by atoms with Crippen molar-refractivity contribution in [2.24, 2.45) is 5.10 Å². The van der Waals surface area contributed by atoms with Crippen molar-refractivity contribution in [3.05, 3.63) is 45.6 Å². The van der Waals surface area contributed by atoms with Crippen LogP contribution in [0.15, 0.2) is 41.5 Å². The Bertz CT molecular complexity index is 822. The summed E-state index contributed by atoms with van der Waals surface area (Å²) in [5, 5.41) is 4.47. The molecule has 1 fully saturated rings. The van der Waals surface area contributed by atoms with Gasteiger partial charge in [-0.15, -0.1) is 16.4 Å². The highest BCUT2D eigenvalue weighted by Crippen LogP contribution is 2.33. The fourth-order valence-electron chi connectivity index (χ4n) is 2.09. The molecule has 6 nitrogen and oxygen atoms in total. The molecular formula is C15H12ClN3O3S2. The number of ether oxygens (including phenoxy) is 1. The third-order valence-electron chi connectivity index (χ3n) is 3.14. The van der Waals surface area contributed by atoms with Gasteiger partial charge in [0.15, 0.2) is 5.17 Å². The summed E-state index contributed by atoms with van der Waals surface area (Å²) in [7, 11) is 1.53. The fraction of sp³-hybridized carbons (Fsp3) is 0.133. The molecule has 1 aliphatic heterocycles. The molecule has 2 aromatic rings. The van der Waals surface area contributed by atoms with Crippen molar-refractivity contribution in [3.63, 3.8) is 0 Å². The Labute approximate surface area is 151 Å². The molecule has 3 rings (SSSR count). The van der Waals surface area contributed by atoms with E-state index in [4.69, 9.17) is 16.3 Å². The standard InChI is InChI=1S/C15H12ClN3O3S2/c1-22-10-5-3-2-4-9(10)19-13(20)8-23-15(19)18-17-14(21)11-6-7-12(16)24-11/h2-7H,8H2,1H3,(H,17,21). The summed E-state index contributed by atoms with van der Waals surface area (Å²) in [5.41, 5.74) is 3.04. The summed E-state index contributed by atoms with van der Waals surface area (Å²) in [6.45, 7) is 0. The lowest BCUT2D eigenvalue weighted by Crippen LogP contribution is -2.31. The van der Waals surface area contributed by atoms with Gasteiger partial charge in [-0.25, -0.2) is 5.43 Å². The van der Waals surface area contributed by atoms with Crippen molar-refractivity contribution < 1.29 is 14.3 Å². The molecule has 0 bridgehead atoms. The molecule has 0 saturated carbocycles. The van der Waals surface area contributed by atoms with Crippen LogP contribution in [-0.4, -0.2) is 29.8 Å². The zero-order valence-corrected chi connectivity index (χ0v) is 14.9. The molecule has 2 heterocycles. The number of hydrogen-bond donors (Lipinski definition) is 1. The molecule has 0 spiro atoms. The number of thiophene rings is 1. The lowest BCUT2D eigenvalue weighted by Gasteiger charge is -2.18. The van der Waals surface area contributed by atoms with Gasteiger partial charge < -0.3 is 4.74 Å². The number of methoxy groups -OCH3 is 1. The van der Waals surface area contributed by atoms with Gasteiger partial charge in [0.2, 0.25) is 5.91 Å². The number of rotatable bonds is 4. The fourth-order valence-corrected chi connectivity index (χ4v) is 3.84. The van der Waals surface area contributed by atoms with Crippen molar-refractivity contribution in [2.75, 3.05) is 17.8 Å². The number of hydrazone groups is 1. The number of amidine groups is 1. The Morgan fingerprint density at radius 3 is 2.83 bits per heavy atom. The molecule has 24 heavy (non-hydrogen) atoms. The van der Waals surface area contributed by atoms with Gasteiger partial charge in [-0.1, -0.05) is 35.5 Å². The van der Waals surface area contributed by atoms with Crippen molar-refractivity contribution >= 4 is 57.4 Å². The van der Waals surface area contributed by atoms with Gasteiger partial charge >= 0.3 is 0 Å². The van der Waals surface area contributed by atoms with Crippen molar-refractivity contribution in [1.29, 1.82) is 0 Å². The molecule has 0 atom stereocenters. The van der Waals surface area contributed by atoms with E-state index >= 15 is 0 Å². The molecule has 0 unspecified atom stereocenters. The summed E-state index contributed by atoms with van der Waals surface area (Å²) in [6, 6.07) is 10.4. The van der Waals surface area contributed by atoms with E-state index in [2.05, 4.69) is 10.5 Å². The third kappa shape index (κ3) is 3.40. The number of amides is 2. The minimum atomic E-state index is -0.376. The SMILES string of the molecule is COc1ccccc1N1C(=O)CSC1=NNC(=O)c1ccc(Cl)s1. The van der Waals surface area contributed by atoms with E-state index in [-0.39, 0.29) is 17.6 Å². The van der Waals surface area contributed by atoms with Crippen LogP contribution in [0.3, 0.4) is 0 Å².